The predicted octanol–water partition coefficient (Wildman–Crippen LogP) is 3.21. The van der Waals surface area contributed by atoms with E-state index in [0.717, 1.165) is 0 Å². The van der Waals surface area contributed by atoms with Crippen molar-refractivity contribution in [3.8, 4) is 11.9 Å². The summed E-state index contributed by atoms with van der Waals surface area (Å²) >= 11 is 15.0. The third-order valence-electron chi connectivity index (χ3n) is 1.82. The van der Waals surface area contributed by atoms with Gasteiger partial charge in [-0.1, -0.05) is 23.2 Å². The van der Waals surface area contributed by atoms with Crippen molar-refractivity contribution in [2.45, 2.75) is 0 Å². The van der Waals surface area contributed by atoms with Gasteiger partial charge in [0.05, 0.1) is 16.2 Å². The Morgan fingerprint density at radius 1 is 1.38 bits per heavy atom. The molecule has 0 unspecified atom stereocenters. The number of aromatic nitrogens is 3. The molecule has 0 radical (unpaired) electrons. The van der Waals surface area contributed by atoms with Gasteiger partial charge in [-0.2, -0.15) is 10.4 Å². The van der Waals surface area contributed by atoms with Crippen LogP contribution in [0.25, 0.3) is 5.82 Å². The van der Waals surface area contributed by atoms with Crippen LogP contribution in [0.4, 0.5) is 0 Å². The molecule has 0 spiro atoms. The highest BCUT2D eigenvalue weighted by atomic mass is 79.9. The third-order valence-corrected chi connectivity index (χ3v) is 3.07. The first kappa shape index (κ1) is 11.4. The average molecular weight is 318 g/mol. The van der Waals surface area contributed by atoms with Crippen LogP contribution >= 0.6 is 39.1 Å². The van der Waals surface area contributed by atoms with E-state index in [1.165, 1.54) is 17.1 Å². The molecule has 0 saturated carbocycles. The highest BCUT2D eigenvalue weighted by molar-refractivity contribution is 9.10. The van der Waals surface area contributed by atoms with Crippen LogP contribution in [0.15, 0.2) is 23.1 Å². The number of rotatable bonds is 1. The normalized spacial score (nSPS) is 10.1. The van der Waals surface area contributed by atoms with Crippen molar-refractivity contribution in [3.63, 3.8) is 0 Å². The first-order valence-corrected chi connectivity index (χ1v) is 5.63. The fourth-order valence-electron chi connectivity index (χ4n) is 1.12. The molecule has 7 heteroatoms. The van der Waals surface area contributed by atoms with E-state index in [0.29, 0.717) is 26.0 Å². The quantitative estimate of drug-likeness (QED) is 0.811. The molecule has 2 rings (SSSR count). The lowest BCUT2D eigenvalue weighted by molar-refractivity contribution is 0.829. The van der Waals surface area contributed by atoms with Crippen molar-refractivity contribution in [1.29, 1.82) is 5.26 Å². The minimum Gasteiger partial charge on any atom is -0.234 e. The summed E-state index contributed by atoms with van der Waals surface area (Å²) in [6.07, 6.45) is 2.89. The van der Waals surface area contributed by atoms with Crippen molar-refractivity contribution < 1.29 is 0 Å². The molecule has 0 atom stereocenters. The molecule has 0 aliphatic heterocycles. The predicted molar refractivity (Wildman–Crippen MR) is 63.8 cm³/mol. The van der Waals surface area contributed by atoms with E-state index in [9.17, 15) is 0 Å². The molecule has 80 valence electrons. The summed E-state index contributed by atoms with van der Waals surface area (Å²) in [7, 11) is 0. The fourth-order valence-corrected chi connectivity index (χ4v) is 2.03. The maximum absolute atomic E-state index is 8.78. The van der Waals surface area contributed by atoms with Gasteiger partial charge in [0.1, 0.15) is 16.2 Å². The molecule has 0 fully saturated rings. The minimum absolute atomic E-state index is 0.362. The monoisotopic (exact) mass is 316 g/mol. The maximum atomic E-state index is 8.78. The number of nitriles is 1. The summed E-state index contributed by atoms with van der Waals surface area (Å²) in [6, 6.07) is 3.55. The van der Waals surface area contributed by atoms with Gasteiger partial charge < -0.3 is 0 Å². The highest BCUT2D eigenvalue weighted by Crippen LogP contribution is 2.25. The second-order valence-electron chi connectivity index (χ2n) is 2.83. The van der Waals surface area contributed by atoms with Crippen LogP contribution in [0.3, 0.4) is 0 Å². The number of halogens is 3. The highest BCUT2D eigenvalue weighted by Gasteiger charge is 2.13. The van der Waals surface area contributed by atoms with Crippen LogP contribution < -0.4 is 0 Å². The molecule has 0 amide bonds. The van der Waals surface area contributed by atoms with Crippen LogP contribution in [0.2, 0.25) is 10.0 Å². The van der Waals surface area contributed by atoms with Gasteiger partial charge in [-0.25, -0.2) is 9.67 Å². The molecule has 0 aliphatic rings. The molecule has 0 bridgehead atoms. The van der Waals surface area contributed by atoms with Gasteiger partial charge in [0.2, 0.25) is 0 Å². The summed E-state index contributed by atoms with van der Waals surface area (Å²) < 4.78 is 1.93. The van der Waals surface area contributed by atoms with E-state index in [4.69, 9.17) is 28.5 Å². The second-order valence-corrected chi connectivity index (χ2v) is 4.43. The average Bonchev–Trinajstić information content (AvgIpc) is 2.60. The molecule has 0 aliphatic carbocycles. The summed E-state index contributed by atoms with van der Waals surface area (Å²) in [5.74, 6) is 0.416. The van der Waals surface area contributed by atoms with E-state index >= 15 is 0 Å². The van der Waals surface area contributed by atoms with E-state index in [1.54, 1.807) is 6.07 Å². The molecule has 2 heterocycles. The van der Waals surface area contributed by atoms with Gasteiger partial charge in [-0.3, -0.25) is 0 Å². The number of pyridine rings is 1. The van der Waals surface area contributed by atoms with Crippen molar-refractivity contribution in [3.05, 3.63) is 38.7 Å². The van der Waals surface area contributed by atoms with Gasteiger partial charge in [0.15, 0.2) is 5.82 Å². The number of nitrogens with zero attached hydrogens (tertiary/aromatic N) is 4. The molecular weight excluding hydrogens is 315 g/mol. The van der Waals surface area contributed by atoms with E-state index in [-0.39, 0.29) is 0 Å². The fraction of sp³-hybridized carbons (Fsp3) is 0. The second kappa shape index (κ2) is 4.42. The Morgan fingerprint density at radius 2 is 2.12 bits per heavy atom. The molecule has 0 N–H and O–H groups in total. The first-order chi connectivity index (χ1) is 7.63. The SMILES string of the molecule is N#Cc1cnn(-c2ncc(Cl)cc2Cl)c1Br. The Hall–Kier alpha value is -1.09. The van der Waals surface area contributed by atoms with E-state index in [1.807, 2.05) is 6.07 Å². The maximum Gasteiger partial charge on any atom is 0.173 e. The first-order valence-electron chi connectivity index (χ1n) is 4.08. The zero-order chi connectivity index (χ0) is 11.7. The Balaban J connectivity index is 2.60. The van der Waals surface area contributed by atoms with E-state index < -0.39 is 0 Å². The molecular formula is C9H3BrCl2N4. The summed E-state index contributed by atoms with van der Waals surface area (Å²) in [4.78, 5) is 4.05. The standard InChI is InChI=1S/C9H3BrCl2N4/c10-8-5(2-13)3-15-16(8)9-7(12)1-6(11)4-14-9/h1,3-4H. The molecule has 0 aromatic carbocycles. The van der Waals surface area contributed by atoms with E-state index in [2.05, 4.69) is 26.0 Å². The Morgan fingerprint density at radius 3 is 2.69 bits per heavy atom. The van der Waals surface area contributed by atoms with Gasteiger partial charge in [0, 0.05) is 6.20 Å². The molecule has 16 heavy (non-hydrogen) atoms. The Labute approximate surface area is 110 Å². The lowest BCUT2D eigenvalue weighted by atomic mass is 10.4. The lowest BCUT2D eigenvalue weighted by Crippen LogP contribution is -2.00. The number of hydrogen-bond donors (Lipinski definition) is 0. The van der Waals surface area contributed by atoms with Crippen molar-refractivity contribution >= 4 is 39.1 Å². The summed E-state index contributed by atoms with van der Waals surface area (Å²) in [5, 5.41) is 13.6. The van der Waals surface area contributed by atoms with Crippen molar-refractivity contribution in [2.24, 2.45) is 0 Å². The van der Waals surface area contributed by atoms with Crippen LogP contribution in [0, 0.1) is 11.3 Å². The van der Waals surface area contributed by atoms with Crippen LogP contribution in [-0.4, -0.2) is 14.8 Å². The summed E-state index contributed by atoms with van der Waals surface area (Å²) in [5.41, 5.74) is 0.410. The van der Waals surface area contributed by atoms with Crippen LogP contribution in [-0.2, 0) is 0 Å². The third kappa shape index (κ3) is 1.92. The topological polar surface area (TPSA) is 54.5 Å². The van der Waals surface area contributed by atoms with Gasteiger partial charge in [0.25, 0.3) is 0 Å². The zero-order valence-electron chi connectivity index (χ0n) is 7.65. The van der Waals surface area contributed by atoms with Gasteiger partial charge in [-0.05, 0) is 22.0 Å². The largest absolute Gasteiger partial charge is 0.234 e. The molecule has 2 aromatic heterocycles. The Kier molecular flexibility index (Phi) is 3.15. The Bertz CT molecular complexity index is 588. The summed E-state index contributed by atoms with van der Waals surface area (Å²) in [6.45, 7) is 0. The molecule has 0 saturated heterocycles. The number of hydrogen-bond acceptors (Lipinski definition) is 3. The van der Waals surface area contributed by atoms with Gasteiger partial charge in [-0.15, -0.1) is 0 Å². The van der Waals surface area contributed by atoms with Crippen LogP contribution in [0.5, 0.6) is 0 Å². The smallest absolute Gasteiger partial charge is 0.173 e. The molecule has 4 nitrogen and oxygen atoms in total. The van der Waals surface area contributed by atoms with Crippen LogP contribution in [0.1, 0.15) is 5.56 Å². The van der Waals surface area contributed by atoms with Gasteiger partial charge >= 0.3 is 0 Å². The molecule has 2 aromatic rings. The zero-order valence-corrected chi connectivity index (χ0v) is 10.8. The van der Waals surface area contributed by atoms with Crippen molar-refractivity contribution in [2.75, 3.05) is 0 Å². The minimum atomic E-state index is 0.362. The lowest BCUT2D eigenvalue weighted by Gasteiger charge is -2.04. The van der Waals surface area contributed by atoms with Crippen molar-refractivity contribution in [1.82, 2.24) is 14.8 Å².